The van der Waals surface area contributed by atoms with Crippen LogP contribution in [0.1, 0.15) is 35.7 Å². The Kier molecular flexibility index (Phi) is 9.53. The smallest absolute Gasteiger partial charge is 0.267 e. The molecule has 0 bridgehead atoms. The van der Waals surface area contributed by atoms with Gasteiger partial charge in [-0.3, -0.25) is 29.0 Å². The largest absolute Gasteiger partial charge is 0.301 e. The summed E-state index contributed by atoms with van der Waals surface area (Å²) in [5.74, 6) is -1.24. The summed E-state index contributed by atoms with van der Waals surface area (Å²) in [5.41, 5.74) is 0. The Labute approximate surface area is 244 Å². The molecule has 0 aliphatic carbocycles. The van der Waals surface area contributed by atoms with Crippen LogP contribution in [0.5, 0.6) is 0 Å². The van der Waals surface area contributed by atoms with Crippen molar-refractivity contribution in [2.75, 3.05) is 23.7 Å². The van der Waals surface area contributed by atoms with E-state index in [0.717, 1.165) is 33.5 Å². The molecule has 0 aromatic carbocycles. The zero-order valence-corrected chi connectivity index (χ0v) is 24.9. The number of carbonyl (C=O) groups excluding carboxylic acids is 4. The Hall–Kier alpha value is -2.38. The van der Waals surface area contributed by atoms with Crippen LogP contribution in [0, 0.1) is 13.8 Å². The van der Waals surface area contributed by atoms with Crippen LogP contribution in [-0.4, -0.2) is 75.6 Å². The molecule has 2 aromatic heterocycles. The van der Waals surface area contributed by atoms with Gasteiger partial charge in [-0.2, -0.15) is 0 Å². The maximum atomic E-state index is 13.1. The lowest BCUT2D eigenvalue weighted by Crippen LogP contribution is -2.31. The summed E-state index contributed by atoms with van der Waals surface area (Å²) in [4.78, 5) is 53.7. The predicted octanol–water partition coefficient (Wildman–Crippen LogP) is 3.08. The third-order valence-corrected chi connectivity index (χ3v) is 9.55. The normalized spacial score (nSPS) is 17.6. The second-order valence-electron chi connectivity index (χ2n) is 7.86. The summed E-state index contributed by atoms with van der Waals surface area (Å²) >= 11 is 15.4. The zero-order valence-electron chi connectivity index (χ0n) is 20.0. The minimum atomic E-state index is -0.382. The van der Waals surface area contributed by atoms with Gasteiger partial charge in [0.1, 0.15) is 18.7 Å². The van der Waals surface area contributed by atoms with Gasteiger partial charge in [-0.1, -0.05) is 70.6 Å². The highest BCUT2D eigenvalue weighted by atomic mass is 32.2. The molecule has 0 radical (unpaired) electrons. The number of nitrogens with one attached hydrogen (secondary N) is 2. The molecule has 2 aromatic rings. The van der Waals surface area contributed by atoms with Gasteiger partial charge in [0.05, 0.1) is 9.81 Å². The Morgan fingerprint density at radius 1 is 0.737 bits per heavy atom. The van der Waals surface area contributed by atoms with E-state index in [-0.39, 0.29) is 59.4 Å². The number of thiocarbonyl (C=S) groups is 2. The van der Waals surface area contributed by atoms with Crippen molar-refractivity contribution in [3.8, 4) is 0 Å². The molecule has 4 amide bonds. The first kappa shape index (κ1) is 28.6. The minimum absolute atomic E-state index is 0.166. The molecule has 4 rings (SSSR count). The number of anilines is 2. The Morgan fingerprint density at radius 2 is 1.13 bits per heavy atom. The van der Waals surface area contributed by atoms with E-state index in [1.165, 1.54) is 32.5 Å². The number of hydrogen-bond donors (Lipinski definition) is 2. The summed E-state index contributed by atoms with van der Waals surface area (Å²) in [7, 11) is 0. The molecule has 0 unspecified atom stereocenters. The first-order chi connectivity index (χ1) is 18.1. The van der Waals surface area contributed by atoms with Gasteiger partial charge in [0.25, 0.3) is 11.8 Å². The van der Waals surface area contributed by atoms with Gasteiger partial charge in [0, 0.05) is 25.9 Å². The SMILES string of the molecule is Cc1nnc(NC(=O)CCCN2C(=O)/C(=C3\SC(=S)N(CCCC(=O)Nc4nnc(C)s4)C3=O)SC2=S)s1. The Balaban J connectivity index is 1.27. The van der Waals surface area contributed by atoms with E-state index >= 15 is 0 Å². The van der Waals surface area contributed by atoms with Crippen molar-refractivity contribution < 1.29 is 19.2 Å². The highest BCUT2D eigenvalue weighted by Crippen LogP contribution is 2.42. The summed E-state index contributed by atoms with van der Waals surface area (Å²) in [6, 6.07) is 0. The highest BCUT2D eigenvalue weighted by molar-refractivity contribution is 8.29. The van der Waals surface area contributed by atoms with E-state index in [4.69, 9.17) is 24.4 Å². The van der Waals surface area contributed by atoms with Crippen LogP contribution in [0.4, 0.5) is 10.3 Å². The van der Waals surface area contributed by atoms with Gasteiger partial charge in [-0.15, -0.1) is 20.4 Å². The van der Waals surface area contributed by atoms with Gasteiger partial charge in [0.2, 0.25) is 22.1 Å². The number of carbonyl (C=O) groups is 4. The molecule has 0 spiro atoms. The first-order valence-corrected chi connectivity index (χ1v) is 15.2. The Bertz CT molecular complexity index is 1250. The number of thioether (sulfide) groups is 2. The van der Waals surface area contributed by atoms with E-state index in [0.29, 0.717) is 31.7 Å². The summed E-state index contributed by atoms with van der Waals surface area (Å²) < 4.78 is 0.637. The molecule has 0 saturated carbocycles. The molecule has 0 atom stereocenters. The summed E-state index contributed by atoms with van der Waals surface area (Å²) in [5, 5.41) is 23.1. The van der Waals surface area contributed by atoms with Gasteiger partial charge in [-0.25, -0.2) is 0 Å². The number of rotatable bonds is 10. The average molecular weight is 629 g/mol. The molecule has 2 aliphatic rings. The van der Waals surface area contributed by atoms with E-state index in [9.17, 15) is 19.2 Å². The number of hydrogen-bond acceptors (Lipinski definition) is 14. The summed E-state index contributed by atoms with van der Waals surface area (Å²) in [6.45, 7) is 4.05. The van der Waals surface area contributed by atoms with Crippen LogP contribution in [0.15, 0.2) is 9.81 Å². The molecule has 200 valence electrons. The number of nitrogens with zero attached hydrogens (tertiary/aromatic N) is 6. The van der Waals surface area contributed by atoms with Crippen LogP contribution in [-0.2, 0) is 19.2 Å². The fourth-order valence-corrected chi connectivity index (χ4v) is 7.30. The number of amides is 4. The third-order valence-electron chi connectivity index (χ3n) is 5.02. The molecular formula is C20H20N8O4S6. The molecule has 38 heavy (non-hydrogen) atoms. The molecule has 2 fully saturated rings. The predicted molar refractivity (Wildman–Crippen MR) is 156 cm³/mol. The highest BCUT2D eigenvalue weighted by Gasteiger charge is 2.41. The lowest BCUT2D eigenvalue weighted by molar-refractivity contribution is -0.124. The van der Waals surface area contributed by atoms with E-state index < -0.39 is 0 Å². The minimum Gasteiger partial charge on any atom is -0.301 e. The molecule has 4 heterocycles. The first-order valence-electron chi connectivity index (χ1n) is 11.1. The third kappa shape index (κ3) is 6.97. The zero-order chi connectivity index (χ0) is 27.4. The second kappa shape index (κ2) is 12.6. The van der Waals surface area contributed by atoms with Crippen molar-refractivity contribution in [3.63, 3.8) is 0 Å². The van der Waals surface area contributed by atoms with Gasteiger partial charge in [-0.05, 0) is 26.7 Å². The van der Waals surface area contributed by atoms with Crippen molar-refractivity contribution in [2.45, 2.75) is 39.5 Å². The fraction of sp³-hybridized carbons (Fsp3) is 0.400. The maximum Gasteiger partial charge on any atom is 0.267 e. The van der Waals surface area contributed by atoms with Crippen molar-refractivity contribution in [3.05, 3.63) is 19.8 Å². The lowest BCUT2D eigenvalue weighted by Gasteiger charge is -2.14. The molecule has 2 aliphatic heterocycles. The monoisotopic (exact) mass is 628 g/mol. The summed E-state index contributed by atoms with van der Waals surface area (Å²) in [6.07, 6.45) is 1.09. The van der Waals surface area contributed by atoms with Gasteiger partial charge < -0.3 is 10.6 Å². The van der Waals surface area contributed by atoms with Crippen LogP contribution in [0.2, 0.25) is 0 Å². The number of aryl methyl sites for hydroxylation is 2. The van der Waals surface area contributed by atoms with Crippen LogP contribution >= 0.6 is 70.6 Å². The van der Waals surface area contributed by atoms with E-state index in [1.54, 1.807) is 13.8 Å². The standard InChI is InChI=1S/C20H20N8O4S6/c1-9-23-25-17(35-9)21-11(29)5-3-7-27-15(31)13(37-19(27)33)14-16(32)28(20(34)38-14)8-4-6-12(30)22-18-26-24-10(2)36-18/h3-8H2,1-2H3,(H,21,25,29)(H,22,26,30)/b14-13+. The van der Waals surface area contributed by atoms with Crippen LogP contribution < -0.4 is 10.6 Å². The molecule has 2 N–H and O–H groups in total. The van der Waals surface area contributed by atoms with Crippen molar-refractivity contribution in [1.82, 2.24) is 30.2 Å². The molecular weight excluding hydrogens is 609 g/mol. The van der Waals surface area contributed by atoms with Crippen molar-refractivity contribution >= 4 is 113 Å². The van der Waals surface area contributed by atoms with Gasteiger partial charge in [0.15, 0.2) is 0 Å². The topological polar surface area (TPSA) is 150 Å². The van der Waals surface area contributed by atoms with Crippen LogP contribution in [0.3, 0.4) is 0 Å². The van der Waals surface area contributed by atoms with Crippen LogP contribution in [0.25, 0.3) is 0 Å². The number of aromatic nitrogens is 4. The molecule has 12 nitrogen and oxygen atoms in total. The van der Waals surface area contributed by atoms with Gasteiger partial charge >= 0.3 is 0 Å². The fourth-order valence-electron chi connectivity index (χ4n) is 3.31. The maximum absolute atomic E-state index is 13.1. The molecule has 18 heteroatoms. The quantitative estimate of drug-likeness (QED) is 0.294. The van der Waals surface area contributed by atoms with Crippen molar-refractivity contribution in [1.29, 1.82) is 0 Å². The Morgan fingerprint density at radius 3 is 1.47 bits per heavy atom. The van der Waals surface area contributed by atoms with Crippen molar-refractivity contribution in [2.24, 2.45) is 0 Å². The van der Waals surface area contributed by atoms with E-state index in [2.05, 4.69) is 31.0 Å². The average Bonchev–Trinajstić information content (AvgIpc) is 3.59. The molecule has 2 saturated heterocycles. The van der Waals surface area contributed by atoms with E-state index in [1.807, 2.05) is 0 Å². The lowest BCUT2D eigenvalue weighted by atomic mass is 10.2. The second-order valence-corrected chi connectivity index (χ2v) is 13.5.